The van der Waals surface area contributed by atoms with E-state index in [1.807, 2.05) is 18.2 Å². The van der Waals surface area contributed by atoms with E-state index in [1.54, 1.807) is 18.6 Å². The number of nitrogens with zero attached hydrogens (tertiary/aromatic N) is 4. The Morgan fingerprint density at radius 2 is 1.81 bits per heavy atom. The second-order valence-electron chi connectivity index (χ2n) is 5.22. The van der Waals surface area contributed by atoms with Gasteiger partial charge >= 0.3 is 6.01 Å². The lowest BCUT2D eigenvalue weighted by atomic mass is 10.1. The highest BCUT2D eigenvalue weighted by Gasteiger charge is 2.10. The van der Waals surface area contributed by atoms with Gasteiger partial charge in [0.25, 0.3) is 0 Å². The van der Waals surface area contributed by atoms with Crippen LogP contribution in [0.1, 0.15) is 19.3 Å². The van der Waals surface area contributed by atoms with Gasteiger partial charge in [0.15, 0.2) is 0 Å². The molecule has 0 saturated carbocycles. The third-order valence-corrected chi connectivity index (χ3v) is 3.68. The summed E-state index contributed by atoms with van der Waals surface area (Å²) in [5.41, 5.74) is 1.77. The molecule has 0 bridgehead atoms. The molecular weight excluding hydrogens is 264 g/mol. The molecule has 0 N–H and O–H groups in total. The lowest BCUT2D eigenvalue weighted by molar-refractivity contribution is 0.177. The fraction of sp³-hybridized carbons (Fsp3) is 0.438. The zero-order valence-electron chi connectivity index (χ0n) is 12.1. The number of pyridine rings is 1. The van der Waals surface area contributed by atoms with Crippen molar-refractivity contribution in [2.75, 3.05) is 26.2 Å². The topological polar surface area (TPSA) is 51.1 Å². The van der Waals surface area contributed by atoms with E-state index in [9.17, 15) is 0 Å². The summed E-state index contributed by atoms with van der Waals surface area (Å²) in [7, 11) is 0. The Labute approximate surface area is 125 Å². The van der Waals surface area contributed by atoms with E-state index in [0.29, 0.717) is 12.6 Å². The van der Waals surface area contributed by atoms with Crippen molar-refractivity contribution in [3.63, 3.8) is 0 Å². The Hall–Kier alpha value is -2.01. The van der Waals surface area contributed by atoms with Crippen molar-refractivity contribution in [1.29, 1.82) is 0 Å². The Bertz CT molecular complexity index is 538. The third kappa shape index (κ3) is 3.98. The maximum Gasteiger partial charge on any atom is 0.316 e. The molecule has 1 saturated heterocycles. The first-order valence-electron chi connectivity index (χ1n) is 7.50. The zero-order chi connectivity index (χ0) is 14.3. The minimum absolute atomic E-state index is 0.437. The summed E-state index contributed by atoms with van der Waals surface area (Å²) in [6.07, 6.45) is 9.23. The molecule has 0 aliphatic carbocycles. The van der Waals surface area contributed by atoms with Crippen LogP contribution in [0.2, 0.25) is 0 Å². The maximum atomic E-state index is 5.62. The summed E-state index contributed by atoms with van der Waals surface area (Å²) in [4.78, 5) is 15.2. The predicted molar refractivity (Wildman–Crippen MR) is 81.0 cm³/mol. The van der Waals surface area contributed by atoms with Crippen LogP contribution in [0, 0.1) is 0 Å². The Morgan fingerprint density at radius 1 is 1.00 bits per heavy atom. The van der Waals surface area contributed by atoms with E-state index in [1.165, 1.54) is 32.4 Å². The summed E-state index contributed by atoms with van der Waals surface area (Å²) < 4.78 is 5.62. The number of rotatable bonds is 5. The molecule has 1 aliphatic heterocycles. The highest BCUT2D eigenvalue weighted by molar-refractivity contribution is 5.56. The summed E-state index contributed by atoms with van der Waals surface area (Å²) in [6, 6.07) is 6.22. The van der Waals surface area contributed by atoms with Crippen molar-refractivity contribution in [2.45, 2.75) is 19.3 Å². The van der Waals surface area contributed by atoms with Gasteiger partial charge in [0.1, 0.15) is 6.61 Å². The van der Waals surface area contributed by atoms with Gasteiger partial charge in [0.05, 0.1) is 5.69 Å². The van der Waals surface area contributed by atoms with Gasteiger partial charge < -0.3 is 4.74 Å². The fourth-order valence-electron chi connectivity index (χ4n) is 2.51. The van der Waals surface area contributed by atoms with Crippen LogP contribution >= 0.6 is 0 Å². The molecule has 0 spiro atoms. The Balaban J connectivity index is 1.50. The molecule has 3 rings (SSSR count). The number of likely N-dealkylation sites (tertiary alicyclic amines) is 1. The number of aromatic nitrogens is 3. The molecule has 2 aromatic heterocycles. The summed E-state index contributed by atoms with van der Waals surface area (Å²) in [5.74, 6) is 0. The molecule has 0 amide bonds. The monoisotopic (exact) mass is 284 g/mol. The molecule has 5 heteroatoms. The molecule has 0 atom stereocenters. The Kier molecular flexibility index (Phi) is 4.74. The maximum absolute atomic E-state index is 5.62. The number of ether oxygens (including phenoxy) is 1. The molecule has 21 heavy (non-hydrogen) atoms. The van der Waals surface area contributed by atoms with Crippen LogP contribution in [0.4, 0.5) is 0 Å². The highest BCUT2D eigenvalue weighted by Crippen LogP contribution is 2.15. The van der Waals surface area contributed by atoms with E-state index < -0.39 is 0 Å². The first-order valence-corrected chi connectivity index (χ1v) is 7.50. The van der Waals surface area contributed by atoms with Gasteiger partial charge in [-0.2, -0.15) is 0 Å². The van der Waals surface area contributed by atoms with Crippen LogP contribution in [0.25, 0.3) is 11.3 Å². The van der Waals surface area contributed by atoms with Crippen molar-refractivity contribution in [3.05, 3.63) is 36.8 Å². The standard InChI is InChI=1S/C16H20N4O/c1-4-8-20(9-5-1)10-11-21-16-18-12-14(13-19-16)15-6-2-3-7-17-15/h2-3,6-7,12-13H,1,4-5,8-11H2. The average molecular weight is 284 g/mol. The lowest BCUT2D eigenvalue weighted by Gasteiger charge is -2.25. The van der Waals surface area contributed by atoms with Crippen LogP contribution in [-0.2, 0) is 0 Å². The molecule has 110 valence electrons. The van der Waals surface area contributed by atoms with Gasteiger partial charge in [0, 0.05) is 30.7 Å². The second-order valence-corrected chi connectivity index (χ2v) is 5.22. The number of hydrogen-bond acceptors (Lipinski definition) is 5. The normalized spacial score (nSPS) is 15.8. The van der Waals surface area contributed by atoms with Crippen molar-refractivity contribution >= 4 is 0 Å². The van der Waals surface area contributed by atoms with Crippen molar-refractivity contribution < 1.29 is 4.74 Å². The van der Waals surface area contributed by atoms with Crippen LogP contribution in [0.15, 0.2) is 36.8 Å². The van der Waals surface area contributed by atoms with E-state index in [2.05, 4.69) is 19.9 Å². The Morgan fingerprint density at radius 3 is 2.52 bits per heavy atom. The van der Waals surface area contributed by atoms with Crippen molar-refractivity contribution in [3.8, 4) is 17.3 Å². The van der Waals surface area contributed by atoms with E-state index >= 15 is 0 Å². The van der Waals surface area contributed by atoms with Gasteiger partial charge in [0.2, 0.25) is 0 Å². The van der Waals surface area contributed by atoms with Crippen LogP contribution < -0.4 is 4.74 Å². The second kappa shape index (κ2) is 7.13. The molecular formula is C16H20N4O. The van der Waals surface area contributed by atoms with E-state index in [-0.39, 0.29) is 0 Å². The molecule has 3 heterocycles. The SMILES string of the molecule is c1ccc(-c2cnc(OCCN3CCCCC3)nc2)nc1. The quantitative estimate of drug-likeness (QED) is 0.844. The third-order valence-electron chi connectivity index (χ3n) is 3.68. The molecule has 0 radical (unpaired) electrons. The molecule has 1 aliphatic rings. The first kappa shape index (κ1) is 13.9. The van der Waals surface area contributed by atoms with Crippen LogP contribution in [-0.4, -0.2) is 46.1 Å². The van der Waals surface area contributed by atoms with Gasteiger partial charge in [-0.15, -0.1) is 0 Å². The van der Waals surface area contributed by atoms with Crippen LogP contribution in [0.3, 0.4) is 0 Å². The zero-order valence-corrected chi connectivity index (χ0v) is 12.1. The number of piperidine rings is 1. The predicted octanol–water partition coefficient (Wildman–Crippen LogP) is 2.40. The van der Waals surface area contributed by atoms with Gasteiger partial charge in [-0.3, -0.25) is 9.88 Å². The summed E-state index contributed by atoms with van der Waals surface area (Å²) in [5, 5.41) is 0. The van der Waals surface area contributed by atoms with Gasteiger partial charge in [-0.05, 0) is 38.1 Å². The number of hydrogen-bond donors (Lipinski definition) is 0. The van der Waals surface area contributed by atoms with E-state index in [0.717, 1.165) is 17.8 Å². The average Bonchev–Trinajstić information content (AvgIpc) is 2.57. The minimum atomic E-state index is 0.437. The molecule has 0 unspecified atom stereocenters. The van der Waals surface area contributed by atoms with Gasteiger partial charge in [-0.25, -0.2) is 9.97 Å². The molecule has 5 nitrogen and oxygen atoms in total. The minimum Gasteiger partial charge on any atom is -0.462 e. The van der Waals surface area contributed by atoms with Crippen molar-refractivity contribution in [1.82, 2.24) is 19.9 Å². The molecule has 0 aromatic carbocycles. The first-order chi connectivity index (χ1) is 10.4. The van der Waals surface area contributed by atoms with Gasteiger partial charge in [-0.1, -0.05) is 12.5 Å². The van der Waals surface area contributed by atoms with Crippen molar-refractivity contribution in [2.24, 2.45) is 0 Å². The fourth-order valence-corrected chi connectivity index (χ4v) is 2.51. The lowest BCUT2D eigenvalue weighted by Crippen LogP contribution is -2.33. The van der Waals surface area contributed by atoms with Crippen LogP contribution in [0.5, 0.6) is 6.01 Å². The molecule has 2 aromatic rings. The molecule has 1 fully saturated rings. The summed E-state index contributed by atoms with van der Waals surface area (Å²) in [6.45, 7) is 3.96. The smallest absolute Gasteiger partial charge is 0.316 e. The van der Waals surface area contributed by atoms with E-state index in [4.69, 9.17) is 4.74 Å². The highest BCUT2D eigenvalue weighted by atomic mass is 16.5. The summed E-state index contributed by atoms with van der Waals surface area (Å²) >= 11 is 0. The largest absolute Gasteiger partial charge is 0.462 e.